The van der Waals surface area contributed by atoms with Gasteiger partial charge in [0.1, 0.15) is 5.50 Å². The topological polar surface area (TPSA) is 17.8 Å². The van der Waals surface area contributed by atoms with Gasteiger partial charge in [0.15, 0.2) is 0 Å². The summed E-state index contributed by atoms with van der Waals surface area (Å²) in [6.45, 7) is 0. The number of imidazole rings is 1. The zero-order chi connectivity index (χ0) is 13.1. The van der Waals surface area contributed by atoms with E-state index in [0.29, 0.717) is 0 Å². The van der Waals surface area contributed by atoms with Crippen LogP contribution in [-0.2, 0) is 6.42 Å². The summed E-state index contributed by atoms with van der Waals surface area (Å²) in [6.07, 6.45) is 7.29. The molecule has 0 radical (unpaired) electrons. The summed E-state index contributed by atoms with van der Waals surface area (Å²) >= 11 is 6.34. The van der Waals surface area contributed by atoms with Crippen molar-refractivity contribution in [3.05, 3.63) is 66.7 Å². The van der Waals surface area contributed by atoms with Crippen molar-refractivity contribution in [1.82, 2.24) is 9.55 Å². The summed E-state index contributed by atoms with van der Waals surface area (Å²) in [5, 5.41) is 2.57. The average Bonchev–Trinajstić information content (AvgIpc) is 2.99. The van der Waals surface area contributed by atoms with Crippen molar-refractivity contribution in [1.29, 1.82) is 0 Å². The number of alkyl halides is 1. The van der Waals surface area contributed by atoms with Gasteiger partial charge in [-0.2, -0.15) is 0 Å². The summed E-state index contributed by atoms with van der Waals surface area (Å²) in [4.78, 5) is 4.02. The number of fused-ring (bicyclic) bond motifs is 1. The fourth-order valence-electron chi connectivity index (χ4n) is 2.26. The van der Waals surface area contributed by atoms with E-state index in [-0.39, 0.29) is 5.50 Å². The van der Waals surface area contributed by atoms with Crippen LogP contribution in [0.4, 0.5) is 0 Å². The van der Waals surface area contributed by atoms with E-state index in [0.717, 1.165) is 12.8 Å². The normalized spacial score (nSPS) is 12.7. The van der Waals surface area contributed by atoms with Crippen LogP contribution >= 0.6 is 11.6 Å². The highest BCUT2D eigenvalue weighted by Crippen LogP contribution is 2.21. The molecule has 0 aliphatic rings. The van der Waals surface area contributed by atoms with E-state index in [1.54, 1.807) is 12.5 Å². The minimum atomic E-state index is -0.0334. The number of benzene rings is 2. The molecule has 1 heterocycles. The van der Waals surface area contributed by atoms with Gasteiger partial charge in [0.25, 0.3) is 0 Å². The van der Waals surface area contributed by atoms with Gasteiger partial charge < -0.3 is 4.57 Å². The monoisotopic (exact) mass is 270 g/mol. The first-order valence-electron chi connectivity index (χ1n) is 6.42. The second kappa shape index (κ2) is 5.45. The number of halogens is 1. The molecule has 1 unspecified atom stereocenters. The lowest BCUT2D eigenvalue weighted by Crippen LogP contribution is -2.01. The van der Waals surface area contributed by atoms with E-state index in [2.05, 4.69) is 47.4 Å². The van der Waals surface area contributed by atoms with E-state index < -0.39 is 0 Å². The molecule has 0 fully saturated rings. The maximum Gasteiger partial charge on any atom is 0.109 e. The quantitative estimate of drug-likeness (QED) is 0.642. The van der Waals surface area contributed by atoms with Crippen molar-refractivity contribution in [2.24, 2.45) is 0 Å². The molecule has 0 N–H and O–H groups in total. The van der Waals surface area contributed by atoms with E-state index in [9.17, 15) is 0 Å². The lowest BCUT2D eigenvalue weighted by atomic mass is 10.0. The first-order valence-corrected chi connectivity index (χ1v) is 6.86. The molecule has 0 saturated heterocycles. The molecular formula is C16H15ClN2. The minimum absolute atomic E-state index is 0.0334. The molecule has 0 amide bonds. The van der Waals surface area contributed by atoms with Crippen LogP contribution in [0.2, 0.25) is 0 Å². The Kier molecular flexibility index (Phi) is 3.51. The smallest absolute Gasteiger partial charge is 0.109 e. The van der Waals surface area contributed by atoms with E-state index >= 15 is 0 Å². The number of hydrogen-bond donors (Lipinski definition) is 0. The summed E-state index contributed by atoms with van der Waals surface area (Å²) in [7, 11) is 0. The Balaban J connectivity index is 1.71. The standard InChI is InChI=1S/C16H15ClN2/c17-16(19-10-9-18-12-19)8-6-13-5-7-14-3-1-2-4-15(14)11-13/h1-5,7,9-12,16H,6,8H2. The van der Waals surface area contributed by atoms with Crippen molar-refractivity contribution in [2.75, 3.05) is 0 Å². The van der Waals surface area contributed by atoms with Crippen LogP contribution in [0.3, 0.4) is 0 Å². The number of hydrogen-bond acceptors (Lipinski definition) is 1. The molecule has 3 rings (SSSR count). The van der Waals surface area contributed by atoms with Gasteiger partial charge in [0.05, 0.1) is 6.33 Å². The second-order valence-corrected chi connectivity index (χ2v) is 5.17. The third-order valence-corrected chi connectivity index (χ3v) is 3.78. The van der Waals surface area contributed by atoms with Gasteiger partial charge in [-0.3, -0.25) is 0 Å². The highest BCUT2D eigenvalue weighted by molar-refractivity contribution is 6.19. The molecule has 19 heavy (non-hydrogen) atoms. The predicted octanol–water partition coefficient (Wildman–Crippen LogP) is 4.41. The zero-order valence-electron chi connectivity index (χ0n) is 10.5. The molecule has 0 bridgehead atoms. The van der Waals surface area contributed by atoms with Crippen molar-refractivity contribution in [2.45, 2.75) is 18.3 Å². The largest absolute Gasteiger partial charge is 0.321 e. The Morgan fingerprint density at radius 3 is 2.74 bits per heavy atom. The van der Waals surface area contributed by atoms with Gasteiger partial charge >= 0.3 is 0 Å². The van der Waals surface area contributed by atoms with E-state index in [1.807, 2.05) is 10.8 Å². The maximum atomic E-state index is 6.34. The zero-order valence-corrected chi connectivity index (χ0v) is 11.3. The van der Waals surface area contributed by atoms with Crippen LogP contribution in [0.15, 0.2) is 61.2 Å². The molecule has 2 aromatic carbocycles. The first-order chi connectivity index (χ1) is 9.33. The van der Waals surface area contributed by atoms with Gasteiger partial charge in [0, 0.05) is 12.4 Å². The van der Waals surface area contributed by atoms with Gasteiger partial charge in [-0.1, -0.05) is 54.1 Å². The van der Waals surface area contributed by atoms with Gasteiger partial charge in [-0.25, -0.2) is 4.98 Å². The SMILES string of the molecule is ClC(CCc1ccc2ccccc2c1)n1ccnc1. The molecule has 96 valence electrons. The van der Waals surface area contributed by atoms with E-state index in [4.69, 9.17) is 11.6 Å². The molecule has 1 atom stereocenters. The number of rotatable bonds is 4. The molecule has 0 spiro atoms. The molecule has 3 aromatic rings. The molecule has 2 nitrogen and oxygen atoms in total. The van der Waals surface area contributed by atoms with Gasteiger partial charge in [0.2, 0.25) is 0 Å². The Hall–Kier alpha value is -1.80. The van der Waals surface area contributed by atoms with Crippen LogP contribution in [0, 0.1) is 0 Å². The molecular weight excluding hydrogens is 256 g/mol. The van der Waals surface area contributed by atoms with Crippen LogP contribution in [0.1, 0.15) is 17.5 Å². The van der Waals surface area contributed by atoms with Crippen LogP contribution in [-0.4, -0.2) is 9.55 Å². The summed E-state index contributed by atoms with van der Waals surface area (Å²) in [6, 6.07) is 15.0. The average molecular weight is 271 g/mol. The first kappa shape index (κ1) is 12.2. The lowest BCUT2D eigenvalue weighted by molar-refractivity contribution is 0.613. The number of aryl methyl sites for hydroxylation is 1. The molecule has 0 aliphatic heterocycles. The second-order valence-electron chi connectivity index (χ2n) is 4.66. The van der Waals surface area contributed by atoms with Crippen molar-refractivity contribution in [3.63, 3.8) is 0 Å². The van der Waals surface area contributed by atoms with Crippen molar-refractivity contribution < 1.29 is 0 Å². The lowest BCUT2D eigenvalue weighted by Gasteiger charge is -2.11. The Morgan fingerprint density at radius 1 is 1.11 bits per heavy atom. The van der Waals surface area contributed by atoms with Crippen LogP contribution in [0.5, 0.6) is 0 Å². The predicted molar refractivity (Wildman–Crippen MR) is 79.4 cm³/mol. The third kappa shape index (κ3) is 2.79. The Bertz CT molecular complexity index is 661. The molecule has 0 aliphatic carbocycles. The highest BCUT2D eigenvalue weighted by Gasteiger charge is 2.06. The maximum absolute atomic E-state index is 6.34. The minimum Gasteiger partial charge on any atom is -0.321 e. The van der Waals surface area contributed by atoms with Gasteiger partial charge in [-0.15, -0.1) is 0 Å². The number of aromatic nitrogens is 2. The molecule has 3 heteroatoms. The highest BCUT2D eigenvalue weighted by atomic mass is 35.5. The van der Waals surface area contributed by atoms with Crippen molar-refractivity contribution in [3.8, 4) is 0 Å². The van der Waals surface area contributed by atoms with Crippen LogP contribution in [0.25, 0.3) is 10.8 Å². The van der Waals surface area contributed by atoms with Gasteiger partial charge in [-0.05, 0) is 29.2 Å². The Morgan fingerprint density at radius 2 is 1.95 bits per heavy atom. The fraction of sp³-hybridized carbons (Fsp3) is 0.188. The van der Waals surface area contributed by atoms with E-state index in [1.165, 1.54) is 16.3 Å². The van der Waals surface area contributed by atoms with Crippen LogP contribution < -0.4 is 0 Å². The molecule has 0 saturated carbocycles. The Labute approximate surface area is 117 Å². The summed E-state index contributed by atoms with van der Waals surface area (Å²) in [5.41, 5.74) is 1.29. The fourth-order valence-corrected chi connectivity index (χ4v) is 2.49. The summed E-state index contributed by atoms with van der Waals surface area (Å²) < 4.78 is 1.93. The number of nitrogens with zero attached hydrogens (tertiary/aromatic N) is 2. The molecule has 1 aromatic heterocycles. The van der Waals surface area contributed by atoms with Crippen molar-refractivity contribution >= 4 is 22.4 Å². The summed E-state index contributed by atoms with van der Waals surface area (Å²) in [5.74, 6) is 0. The third-order valence-electron chi connectivity index (χ3n) is 3.33.